The third-order valence-electron chi connectivity index (χ3n) is 3.35. The second-order valence-electron chi connectivity index (χ2n) is 5.65. The van der Waals surface area contributed by atoms with Crippen LogP contribution in [0.1, 0.15) is 25.1 Å². The number of aromatic amines is 1. The van der Waals surface area contributed by atoms with Gasteiger partial charge in [-0.2, -0.15) is 0 Å². The molecule has 1 aromatic heterocycles. The molecule has 104 valence electrons. The molecule has 1 heterocycles. The lowest BCUT2D eigenvalue weighted by Gasteiger charge is -2.25. The Morgan fingerprint density at radius 2 is 1.89 bits per heavy atom. The maximum absolute atomic E-state index is 11.3. The SMILES string of the molecule is Cc1[nH]c2ccccc2c1C(C)(C)CNS(C)(=O)=O. The Balaban J connectivity index is 2.45. The monoisotopic (exact) mass is 280 g/mol. The first-order chi connectivity index (χ1) is 8.71. The van der Waals surface area contributed by atoms with Gasteiger partial charge < -0.3 is 4.98 Å². The maximum atomic E-state index is 11.3. The number of hydrogen-bond acceptors (Lipinski definition) is 2. The van der Waals surface area contributed by atoms with E-state index >= 15 is 0 Å². The standard InChI is InChI=1S/C14H20N2O2S/c1-10-13(11-7-5-6-8-12(11)16-10)14(2,3)9-15-19(4,17)18/h5-8,15-16H,9H2,1-4H3. The van der Waals surface area contributed by atoms with Crippen LogP contribution in [0.3, 0.4) is 0 Å². The molecular formula is C14H20N2O2S. The molecule has 2 N–H and O–H groups in total. The fourth-order valence-corrected chi connectivity index (χ4v) is 3.17. The molecule has 2 aromatic rings. The minimum absolute atomic E-state index is 0.271. The predicted molar refractivity (Wildman–Crippen MR) is 78.9 cm³/mol. The van der Waals surface area contributed by atoms with Crippen LogP contribution in [0.5, 0.6) is 0 Å². The van der Waals surface area contributed by atoms with Crippen LogP contribution in [0.15, 0.2) is 24.3 Å². The van der Waals surface area contributed by atoms with Gasteiger partial charge in [0.15, 0.2) is 0 Å². The number of hydrogen-bond donors (Lipinski definition) is 2. The van der Waals surface area contributed by atoms with E-state index in [0.717, 1.165) is 16.6 Å². The Labute approximate surface area is 114 Å². The molecule has 1 aromatic carbocycles. The second kappa shape index (κ2) is 4.65. The van der Waals surface area contributed by atoms with Crippen molar-refractivity contribution >= 4 is 20.9 Å². The van der Waals surface area contributed by atoms with Crippen molar-refractivity contribution in [1.29, 1.82) is 0 Å². The summed E-state index contributed by atoms with van der Waals surface area (Å²) in [5, 5.41) is 1.15. The number of sulfonamides is 1. The summed E-state index contributed by atoms with van der Waals surface area (Å²) in [6.07, 6.45) is 1.19. The molecule has 0 unspecified atom stereocenters. The van der Waals surface area contributed by atoms with Crippen molar-refractivity contribution in [2.75, 3.05) is 12.8 Å². The zero-order chi connectivity index (χ0) is 14.3. The van der Waals surface area contributed by atoms with Gasteiger partial charge in [-0.3, -0.25) is 0 Å². The zero-order valence-electron chi connectivity index (χ0n) is 11.7. The lowest BCUT2D eigenvalue weighted by molar-refractivity contribution is 0.504. The number of fused-ring (bicyclic) bond motifs is 1. The lowest BCUT2D eigenvalue weighted by Crippen LogP contribution is -2.36. The first-order valence-corrected chi connectivity index (χ1v) is 8.12. The molecule has 0 spiro atoms. The van der Waals surface area contributed by atoms with Gasteiger partial charge in [-0.25, -0.2) is 13.1 Å². The molecule has 0 aliphatic rings. The highest BCUT2D eigenvalue weighted by Gasteiger charge is 2.27. The van der Waals surface area contributed by atoms with E-state index in [4.69, 9.17) is 0 Å². The largest absolute Gasteiger partial charge is 0.358 e. The van der Waals surface area contributed by atoms with Crippen molar-refractivity contribution in [2.24, 2.45) is 0 Å². The summed E-state index contributed by atoms with van der Waals surface area (Å²) in [6.45, 7) is 6.51. The third-order valence-corrected chi connectivity index (χ3v) is 4.02. The smallest absolute Gasteiger partial charge is 0.208 e. The molecule has 0 saturated heterocycles. The highest BCUT2D eigenvalue weighted by atomic mass is 32.2. The topological polar surface area (TPSA) is 62.0 Å². The maximum Gasteiger partial charge on any atom is 0.208 e. The molecule has 0 saturated carbocycles. The average Bonchev–Trinajstić information content (AvgIpc) is 2.62. The van der Waals surface area contributed by atoms with E-state index in [1.54, 1.807) is 0 Å². The summed E-state index contributed by atoms with van der Waals surface area (Å²) in [5.41, 5.74) is 3.07. The predicted octanol–water partition coefficient (Wildman–Crippen LogP) is 2.30. The molecule has 0 fully saturated rings. The van der Waals surface area contributed by atoms with E-state index in [0.29, 0.717) is 6.54 Å². The van der Waals surface area contributed by atoms with Gasteiger partial charge in [0.1, 0.15) is 0 Å². The van der Waals surface area contributed by atoms with Gasteiger partial charge in [-0.05, 0) is 18.6 Å². The van der Waals surface area contributed by atoms with Crippen LogP contribution in [0.4, 0.5) is 0 Å². The van der Waals surface area contributed by atoms with Gasteiger partial charge in [-0.15, -0.1) is 0 Å². The van der Waals surface area contributed by atoms with Gasteiger partial charge in [-0.1, -0.05) is 32.0 Å². The molecule has 2 rings (SSSR count). The summed E-state index contributed by atoms with van der Waals surface area (Å²) in [7, 11) is -3.17. The molecule has 0 bridgehead atoms. The van der Waals surface area contributed by atoms with E-state index in [-0.39, 0.29) is 5.41 Å². The van der Waals surface area contributed by atoms with E-state index in [2.05, 4.69) is 15.8 Å². The Hall–Kier alpha value is -1.33. The van der Waals surface area contributed by atoms with Gasteiger partial charge in [0.25, 0.3) is 0 Å². The highest BCUT2D eigenvalue weighted by Crippen LogP contribution is 2.33. The number of aromatic nitrogens is 1. The van der Waals surface area contributed by atoms with Crippen molar-refractivity contribution in [3.05, 3.63) is 35.5 Å². The molecule has 0 aliphatic carbocycles. The molecular weight excluding hydrogens is 260 g/mol. The minimum atomic E-state index is -3.17. The first kappa shape index (κ1) is 14.1. The normalized spacial score (nSPS) is 13.1. The summed E-state index contributed by atoms with van der Waals surface area (Å²) in [6, 6.07) is 8.09. The number of H-pyrrole nitrogens is 1. The molecule has 5 heteroatoms. The highest BCUT2D eigenvalue weighted by molar-refractivity contribution is 7.88. The van der Waals surface area contributed by atoms with Crippen LogP contribution in [-0.4, -0.2) is 26.2 Å². The van der Waals surface area contributed by atoms with Crippen LogP contribution in [0, 0.1) is 6.92 Å². The molecule has 0 aliphatic heterocycles. The Morgan fingerprint density at radius 1 is 1.26 bits per heavy atom. The number of nitrogens with one attached hydrogen (secondary N) is 2. The molecule has 0 atom stereocenters. The third kappa shape index (κ3) is 2.98. The number of benzene rings is 1. The Bertz CT molecular complexity index is 699. The quantitative estimate of drug-likeness (QED) is 0.902. The van der Waals surface area contributed by atoms with Crippen LogP contribution >= 0.6 is 0 Å². The van der Waals surface area contributed by atoms with Crippen LogP contribution in [0.2, 0.25) is 0 Å². The molecule has 4 nitrogen and oxygen atoms in total. The number of rotatable bonds is 4. The summed E-state index contributed by atoms with van der Waals surface area (Å²) in [4.78, 5) is 3.35. The minimum Gasteiger partial charge on any atom is -0.358 e. The Morgan fingerprint density at radius 3 is 2.53 bits per heavy atom. The second-order valence-corrected chi connectivity index (χ2v) is 7.48. The van der Waals surface area contributed by atoms with E-state index < -0.39 is 10.0 Å². The van der Waals surface area contributed by atoms with Crippen molar-refractivity contribution in [2.45, 2.75) is 26.2 Å². The van der Waals surface area contributed by atoms with E-state index in [1.807, 2.05) is 39.0 Å². The lowest BCUT2D eigenvalue weighted by atomic mass is 9.83. The van der Waals surface area contributed by atoms with Crippen LogP contribution in [-0.2, 0) is 15.4 Å². The molecule has 19 heavy (non-hydrogen) atoms. The number of para-hydroxylation sites is 1. The van der Waals surface area contributed by atoms with Crippen molar-refractivity contribution < 1.29 is 8.42 Å². The van der Waals surface area contributed by atoms with Crippen molar-refractivity contribution in [3.63, 3.8) is 0 Å². The van der Waals surface area contributed by atoms with E-state index in [9.17, 15) is 8.42 Å². The first-order valence-electron chi connectivity index (χ1n) is 6.23. The van der Waals surface area contributed by atoms with Crippen molar-refractivity contribution in [3.8, 4) is 0 Å². The van der Waals surface area contributed by atoms with Crippen LogP contribution in [0.25, 0.3) is 10.9 Å². The summed E-state index contributed by atoms with van der Waals surface area (Å²) in [5.74, 6) is 0. The van der Waals surface area contributed by atoms with E-state index in [1.165, 1.54) is 11.8 Å². The van der Waals surface area contributed by atoms with Crippen molar-refractivity contribution in [1.82, 2.24) is 9.71 Å². The fraction of sp³-hybridized carbons (Fsp3) is 0.429. The summed E-state index contributed by atoms with van der Waals surface area (Å²) < 4.78 is 25.2. The van der Waals surface area contributed by atoms with Gasteiger partial charge in [0.2, 0.25) is 10.0 Å². The zero-order valence-corrected chi connectivity index (χ0v) is 12.6. The molecule has 0 amide bonds. The molecule has 0 radical (unpaired) electrons. The van der Waals surface area contributed by atoms with Gasteiger partial charge in [0.05, 0.1) is 6.26 Å². The number of aryl methyl sites for hydroxylation is 1. The van der Waals surface area contributed by atoms with Gasteiger partial charge in [0, 0.05) is 28.6 Å². The fourth-order valence-electron chi connectivity index (χ4n) is 2.55. The van der Waals surface area contributed by atoms with Gasteiger partial charge >= 0.3 is 0 Å². The average molecular weight is 280 g/mol. The Kier molecular flexibility index (Phi) is 3.45. The summed E-state index contributed by atoms with van der Waals surface area (Å²) >= 11 is 0. The van der Waals surface area contributed by atoms with Crippen LogP contribution < -0.4 is 4.72 Å².